The lowest BCUT2D eigenvalue weighted by atomic mass is 10.1. The number of anilines is 1. The van der Waals surface area contributed by atoms with Gasteiger partial charge in [0.15, 0.2) is 0 Å². The van der Waals surface area contributed by atoms with Crippen LogP contribution in [-0.2, 0) is 4.79 Å². The molecule has 0 spiro atoms. The number of thioether (sulfide) groups is 1. The molecule has 2 aliphatic heterocycles. The van der Waals surface area contributed by atoms with Crippen LogP contribution in [0.25, 0.3) is 0 Å². The van der Waals surface area contributed by atoms with E-state index in [1.165, 1.54) is 11.8 Å². The summed E-state index contributed by atoms with van der Waals surface area (Å²) >= 11 is 1.53. The number of hydrogen-bond acceptors (Lipinski definition) is 4. The van der Waals surface area contributed by atoms with Gasteiger partial charge in [-0.2, -0.15) is 0 Å². The molecule has 0 radical (unpaired) electrons. The van der Waals surface area contributed by atoms with Crippen LogP contribution in [0.1, 0.15) is 24.2 Å². The zero-order chi connectivity index (χ0) is 15.0. The van der Waals surface area contributed by atoms with Crippen molar-refractivity contribution in [1.29, 1.82) is 0 Å². The van der Waals surface area contributed by atoms with Crippen LogP contribution in [0.2, 0.25) is 0 Å². The van der Waals surface area contributed by atoms with Gasteiger partial charge in [0.1, 0.15) is 0 Å². The monoisotopic (exact) mass is 341 g/mol. The Bertz CT molecular complexity index is 596. The first kappa shape index (κ1) is 17.1. The SMILES string of the molecule is CC1CN(C(=O)c2ccc3c(c2)NC(=O)C(C)S3)CCN1.Cl. The zero-order valence-corrected chi connectivity index (χ0v) is 14.2. The molecule has 2 amide bonds. The molecule has 1 saturated heterocycles. The van der Waals surface area contributed by atoms with Crippen molar-refractivity contribution in [2.75, 3.05) is 25.0 Å². The summed E-state index contributed by atoms with van der Waals surface area (Å²) in [7, 11) is 0. The molecular weight excluding hydrogens is 322 g/mol. The first-order valence-electron chi connectivity index (χ1n) is 7.19. The minimum atomic E-state index is -0.0898. The standard InChI is InChI=1S/C15H19N3O2S.ClH/c1-9-8-18(6-5-16-9)15(20)11-3-4-13-12(7-11)17-14(19)10(2)21-13;/h3-4,7,9-10,16H,5-6,8H2,1-2H3,(H,17,19);1H. The quantitative estimate of drug-likeness (QED) is 0.820. The van der Waals surface area contributed by atoms with E-state index >= 15 is 0 Å². The van der Waals surface area contributed by atoms with Crippen LogP contribution in [0.4, 0.5) is 5.69 Å². The second-order valence-corrected chi connectivity index (χ2v) is 6.95. The first-order valence-corrected chi connectivity index (χ1v) is 8.07. The summed E-state index contributed by atoms with van der Waals surface area (Å²) in [4.78, 5) is 27.2. The molecule has 1 aromatic rings. The molecule has 2 aliphatic rings. The molecule has 22 heavy (non-hydrogen) atoms. The van der Waals surface area contributed by atoms with Gasteiger partial charge in [-0.15, -0.1) is 24.2 Å². The summed E-state index contributed by atoms with van der Waals surface area (Å²) in [6, 6.07) is 5.89. The van der Waals surface area contributed by atoms with Gasteiger partial charge >= 0.3 is 0 Å². The molecular formula is C15H20ClN3O2S. The maximum atomic E-state index is 12.6. The van der Waals surface area contributed by atoms with Gasteiger partial charge in [-0.05, 0) is 32.0 Å². The third-order valence-corrected chi connectivity index (χ3v) is 4.99. The highest BCUT2D eigenvalue weighted by molar-refractivity contribution is 8.00. The van der Waals surface area contributed by atoms with Gasteiger partial charge in [0.2, 0.25) is 5.91 Å². The van der Waals surface area contributed by atoms with Gasteiger partial charge in [0.05, 0.1) is 10.9 Å². The van der Waals surface area contributed by atoms with E-state index in [0.29, 0.717) is 18.2 Å². The lowest BCUT2D eigenvalue weighted by Gasteiger charge is -2.32. The summed E-state index contributed by atoms with van der Waals surface area (Å²) in [6.07, 6.45) is 0. The van der Waals surface area contributed by atoms with Crippen molar-refractivity contribution in [2.45, 2.75) is 30.0 Å². The molecule has 0 aliphatic carbocycles. The van der Waals surface area contributed by atoms with E-state index in [1.54, 1.807) is 6.07 Å². The molecule has 2 heterocycles. The molecule has 0 bridgehead atoms. The zero-order valence-electron chi connectivity index (χ0n) is 12.6. The molecule has 1 aromatic carbocycles. The van der Waals surface area contributed by atoms with E-state index in [2.05, 4.69) is 17.6 Å². The highest BCUT2D eigenvalue weighted by Gasteiger charge is 2.26. The van der Waals surface area contributed by atoms with Gasteiger partial charge in [-0.3, -0.25) is 9.59 Å². The molecule has 0 saturated carbocycles. The van der Waals surface area contributed by atoms with Gasteiger partial charge < -0.3 is 15.5 Å². The highest BCUT2D eigenvalue weighted by Crippen LogP contribution is 2.36. The van der Waals surface area contributed by atoms with Crippen molar-refractivity contribution in [3.8, 4) is 0 Å². The molecule has 7 heteroatoms. The molecule has 120 valence electrons. The van der Waals surface area contributed by atoms with Crippen LogP contribution in [0.5, 0.6) is 0 Å². The number of halogens is 1. The van der Waals surface area contributed by atoms with Crippen LogP contribution < -0.4 is 10.6 Å². The Hall–Kier alpha value is -1.24. The lowest BCUT2D eigenvalue weighted by molar-refractivity contribution is -0.115. The van der Waals surface area contributed by atoms with Crippen molar-refractivity contribution in [3.05, 3.63) is 23.8 Å². The number of nitrogens with one attached hydrogen (secondary N) is 2. The number of fused-ring (bicyclic) bond motifs is 1. The van der Waals surface area contributed by atoms with Crippen LogP contribution in [0.3, 0.4) is 0 Å². The second-order valence-electron chi connectivity index (χ2n) is 5.57. The van der Waals surface area contributed by atoms with E-state index in [0.717, 1.165) is 23.7 Å². The minimum Gasteiger partial charge on any atom is -0.336 e. The van der Waals surface area contributed by atoms with Crippen molar-refractivity contribution < 1.29 is 9.59 Å². The van der Waals surface area contributed by atoms with Gasteiger partial charge in [-0.1, -0.05) is 0 Å². The molecule has 1 fully saturated rings. The van der Waals surface area contributed by atoms with Crippen LogP contribution >= 0.6 is 24.2 Å². The lowest BCUT2D eigenvalue weighted by Crippen LogP contribution is -2.51. The molecule has 3 rings (SSSR count). The largest absolute Gasteiger partial charge is 0.336 e. The Labute approximate surface area is 140 Å². The topological polar surface area (TPSA) is 61.4 Å². The number of carbonyl (C=O) groups excluding carboxylic acids is 2. The average molecular weight is 342 g/mol. The Morgan fingerprint density at radius 1 is 1.36 bits per heavy atom. The third kappa shape index (κ3) is 3.39. The Balaban J connectivity index is 0.00000176. The molecule has 2 N–H and O–H groups in total. The van der Waals surface area contributed by atoms with Crippen LogP contribution in [0.15, 0.2) is 23.1 Å². The molecule has 0 aromatic heterocycles. The van der Waals surface area contributed by atoms with Crippen molar-refractivity contribution in [3.63, 3.8) is 0 Å². The summed E-state index contributed by atoms with van der Waals surface area (Å²) in [5, 5.41) is 6.11. The fourth-order valence-electron chi connectivity index (χ4n) is 2.64. The molecule has 2 atom stereocenters. The average Bonchev–Trinajstić information content (AvgIpc) is 2.47. The molecule has 5 nitrogen and oxygen atoms in total. The second kappa shape index (κ2) is 6.89. The van der Waals surface area contributed by atoms with E-state index in [-0.39, 0.29) is 29.5 Å². The number of piperazine rings is 1. The Kier molecular flexibility index (Phi) is 5.36. The number of benzene rings is 1. The summed E-state index contributed by atoms with van der Waals surface area (Å²) in [5.74, 6) is 0.0249. The summed E-state index contributed by atoms with van der Waals surface area (Å²) in [5.41, 5.74) is 1.38. The maximum absolute atomic E-state index is 12.6. The number of hydrogen-bond donors (Lipinski definition) is 2. The van der Waals surface area contributed by atoms with E-state index in [9.17, 15) is 9.59 Å². The Morgan fingerprint density at radius 3 is 2.86 bits per heavy atom. The minimum absolute atomic E-state index is 0. The predicted molar refractivity (Wildman–Crippen MR) is 91.0 cm³/mol. The number of amides is 2. The summed E-state index contributed by atoms with van der Waals surface area (Å²) < 4.78 is 0. The van der Waals surface area contributed by atoms with Crippen LogP contribution in [0, 0.1) is 0 Å². The summed E-state index contributed by atoms with van der Waals surface area (Å²) in [6.45, 7) is 6.21. The number of nitrogens with zero attached hydrogens (tertiary/aromatic N) is 1. The fourth-order valence-corrected chi connectivity index (χ4v) is 3.57. The normalized spacial score (nSPS) is 24.1. The highest BCUT2D eigenvalue weighted by atomic mass is 35.5. The smallest absolute Gasteiger partial charge is 0.254 e. The van der Waals surface area contributed by atoms with Gasteiger partial charge in [0.25, 0.3) is 5.91 Å². The van der Waals surface area contributed by atoms with Crippen molar-refractivity contribution >= 4 is 41.7 Å². The van der Waals surface area contributed by atoms with Gasteiger partial charge in [-0.25, -0.2) is 0 Å². The number of rotatable bonds is 1. The number of carbonyl (C=O) groups is 2. The maximum Gasteiger partial charge on any atom is 0.254 e. The van der Waals surface area contributed by atoms with Crippen LogP contribution in [-0.4, -0.2) is 47.6 Å². The first-order chi connectivity index (χ1) is 10.0. The van der Waals surface area contributed by atoms with E-state index in [1.807, 2.05) is 24.0 Å². The van der Waals surface area contributed by atoms with E-state index < -0.39 is 0 Å². The molecule has 2 unspecified atom stereocenters. The fraction of sp³-hybridized carbons (Fsp3) is 0.467. The van der Waals surface area contributed by atoms with Crippen molar-refractivity contribution in [1.82, 2.24) is 10.2 Å². The Morgan fingerprint density at radius 2 is 2.14 bits per heavy atom. The van der Waals surface area contributed by atoms with Gasteiger partial charge in [0, 0.05) is 36.1 Å². The third-order valence-electron chi connectivity index (χ3n) is 3.81. The van der Waals surface area contributed by atoms with E-state index in [4.69, 9.17) is 0 Å². The predicted octanol–water partition coefficient (Wildman–Crippen LogP) is 1.98. The van der Waals surface area contributed by atoms with Crippen molar-refractivity contribution in [2.24, 2.45) is 0 Å².